The van der Waals surface area contributed by atoms with E-state index in [0.717, 1.165) is 0 Å². The monoisotopic (exact) mass is 202 g/mol. The molecule has 0 atom stereocenters. The number of hydrogen-bond donors (Lipinski definition) is 1. The standard InChI is InChI=1S/C9H7F3NO/c1-6-2-4-7(5-3-6)13-8(14)9(10,11)12/h2-5H,1H2,(H,13,14). The molecule has 0 aliphatic rings. The normalized spacial score (nSPS) is 11.1. The Hall–Kier alpha value is -1.52. The van der Waals surface area contributed by atoms with Crippen molar-refractivity contribution in [3.63, 3.8) is 0 Å². The van der Waals surface area contributed by atoms with Crippen LogP contribution >= 0.6 is 0 Å². The molecule has 1 aromatic rings. The van der Waals surface area contributed by atoms with Gasteiger partial charge in [-0.1, -0.05) is 12.1 Å². The molecule has 1 N–H and O–H groups in total. The Morgan fingerprint density at radius 2 is 1.71 bits per heavy atom. The maximum atomic E-state index is 11.8. The van der Waals surface area contributed by atoms with Gasteiger partial charge in [0.1, 0.15) is 0 Å². The summed E-state index contributed by atoms with van der Waals surface area (Å²) in [7, 11) is 0. The highest BCUT2D eigenvalue weighted by molar-refractivity contribution is 5.94. The molecular weight excluding hydrogens is 195 g/mol. The lowest BCUT2D eigenvalue weighted by atomic mass is 10.2. The van der Waals surface area contributed by atoms with Gasteiger partial charge in [0.05, 0.1) is 0 Å². The second-order valence-corrected chi connectivity index (χ2v) is 2.65. The molecule has 0 fully saturated rings. The first kappa shape index (κ1) is 10.6. The fourth-order valence-corrected chi connectivity index (χ4v) is 0.790. The molecule has 0 aromatic heterocycles. The number of hydrogen-bond acceptors (Lipinski definition) is 1. The number of anilines is 1. The Morgan fingerprint density at radius 3 is 2.14 bits per heavy atom. The number of nitrogens with one attached hydrogen (secondary N) is 1. The summed E-state index contributed by atoms with van der Waals surface area (Å²) in [6.07, 6.45) is -4.86. The number of alkyl halides is 3. The number of halogens is 3. The van der Waals surface area contributed by atoms with Crippen LogP contribution in [0.4, 0.5) is 18.9 Å². The average Bonchev–Trinajstić information content (AvgIpc) is 2.07. The van der Waals surface area contributed by atoms with E-state index in [1.54, 1.807) is 5.32 Å². The summed E-state index contributed by atoms with van der Waals surface area (Å²) >= 11 is 0. The maximum absolute atomic E-state index is 11.8. The van der Waals surface area contributed by atoms with Gasteiger partial charge in [0.2, 0.25) is 0 Å². The van der Waals surface area contributed by atoms with Crippen LogP contribution in [0.15, 0.2) is 24.3 Å². The van der Waals surface area contributed by atoms with E-state index in [-0.39, 0.29) is 5.69 Å². The first-order valence-corrected chi connectivity index (χ1v) is 3.70. The summed E-state index contributed by atoms with van der Waals surface area (Å²) in [5.41, 5.74) is 0.759. The van der Waals surface area contributed by atoms with Crippen molar-refractivity contribution < 1.29 is 18.0 Å². The Kier molecular flexibility index (Phi) is 2.78. The fourth-order valence-electron chi connectivity index (χ4n) is 0.790. The SMILES string of the molecule is [CH2]c1ccc(NC(=O)C(F)(F)F)cc1. The van der Waals surface area contributed by atoms with Crippen LogP contribution in [-0.2, 0) is 4.79 Å². The third kappa shape index (κ3) is 2.76. The van der Waals surface area contributed by atoms with Gasteiger partial charge >= 0.3 is 12.1 Å². The summed E-state index contributed by atoms with van der Waals surface area (Å²) in [4.78, 5) is 10.5. The van der Waals surface area contributed by atoms with E-state index in [2.05, 4.69) is 6.92 Å². The van der Waals surface area contributed by atoms with Gasteiger partial charge in [0.25, 0.3) is 0 Å². The van der Waals surface area contributed by atoms with Crippen LogP contribution < -0.4 is 5.32 Å². The van der Waals surface area contributed by atoms with E-state index in [1.807, 2.05) is 0 Å². The zero-order valence-electron chi connectivity index (χ0n) is 7.06. The van der Waals surface area contributed by atoms with Crippen molar-refractivity contribution in [2.24, 2.45) is 0 Å². The minimum Gasteiger partial charge on any atom is -0.318 e. The minimum atomic E-state index is -4.86. The molecule has 14 heavy (non-hydrogen) atoms. The van der Waals surface area contributed by atoms with Crippen LogP contribution in [0.3, 0.4) is 0 Å². The van der Waals surface area contributed by atoms with Crippen molar-refractivity contribution in [1.29, 1.82) is 0 Å². The van der Waals surface area contributed by atoms with Crippen LogP contribution in [0.1, 0.15) is 5.56 Å². The van der Waals surface area contributed by atoms with Gasteiger partial charge in [-0.05, 0) is 24.6 Å². The molecule has 0 spiro atoms. The van der Waals surface area contributed by atoms with Crippen LogP contribution in [0.5, 0.6) is 0 Å². The van der Waals surface area contributed by atoms with Gasteiger partial charge < -0.3 is 5.32 Å². The lowest BCUT2D eigenvalue weighted by molar-refractivity contribution is -0.167. The van der Waals surface area contributed by atoms with Gasteiger partial charge in [-0.3, -0.25) is 4.79 Å². The molecular formula is C9H7F3NO. The zero-order valence-corrected chi connectivity index (χ0v) is 7.06. The van der Waals surface area contributed by atoms with Crippen molar-refractivity contribution in [3.8, 4) is 0 Å². The lowest BCUT2D eigenvalue weighted by Gasteiger charge is -2.07. The lowest BCUT2D eigenvalue weighted by Crippen LogP contribution is -2.29. The Balaban J connectivity index is 2.71. The molecule has 0 bridgehead atoms. The van der Waals surface area contributed by atoms with E-state index in [0.29, 0.717) is 5.56 Å². The van der Waals surface area contributed by atoms with Crippen LogP contribution in [0, 0.1) is 6.92 Å². The number of carbonyl (C=O) groups excluding carboxylic acids is 1. The third-order valence-electron chi connectivity index (χ3n) is 1.47. The Bertz CT molecular complexity index is 329. The zero-order chi connectivity index (χ0) is 10.8. The number of rotatable bonds is 1. The first-order valence-electron chi connectivity index (χ1n) is 3.70. The van der Waals surface area contributed by atoms with Crippen molar-refractivity contribution in [2.75, 3.05) is 5.32 Å². The number of carbonyl (C=O) groups is 1. The predicted octanol–water partition coefficient (Wildman–Crippen LogP) is 2.37. The highest BCUT2D eigenvalue weighted by Crippen LogP contribution is 2.18. The molecule has 0 aliphatic heterocycles. The molecule has 1 aromatic carbocycles. The summed E-state index contributed by atoms with van der Waals surface area (Å²) in [6.45, 7) is 3.55. The van der Waals surface area contributed by atoms with Gasteiger partial charge in [-0.2, -0.15) is 13.2 Å². The average molecular weight is 202 g/mol. The van der Waals surface area contributed by atoms with Crippen molar-refractivity contribution in [1.82, 2.24) is 0 Å². The van der Waals surface area contributed by atoms with Crippen LogP contribution in [-0.4, -0.2) is 12.1 Å². The van der Waals surface area contributed by atoms with Gasteiger partial charge in [-0.15, -0.1) is 0 Å². The molecule has 1 amide bonds. The highest BCUT2D eigenvalue weighted by Gasteiger charge is 2.38. The van der Waals surface area contributed by atoms with Crippen molar-refractivity contribution in [2.45, 2.75) is 6.18 Å². The molecule has 0 unspecified atom stereocenters. The smallest absolute Gasteiger partial charge is 0.318 e. The van der Waals surface area contributed by atoms with Gasteiger partial charge in [0.15, 0.2) is 0 Å². The van der Waals surface area contributed by atoms with E-state index in [9.17, 15) is 18.0 Å². The fraction of sp³-hybridized carbons (Fsp3) is 0.111. The molecule has 1 radical (unpaired) electrons. The highest BCUT2D eigenvalue weighted by atomic mass is 19.4. The van der Waals surface area contributed by atoms with Crippen molar-refractivity contribution in [3.05, 3.63) is 36.8 Å². The van der Waals surface area contributed by atoms with Crippen molar-refractivity contribution >= 4 is 11.6 Å². The number of benzene rings is 1. The molecule has 0 saturated heterocycles. The number of amides is 1. The molecule has 0 aliphatic carbocycles. The third-order valence-corrected chi connectivity index (χ3v) is 1.47. The van der Waals surface area contributed by atoms with Crippen LogP contribution in [0.2, 0.25) is 0 Å². The summed E-state index contributed by atoms with van der Waals surface area (Å²) in [5.74, 6) is -1.98. The van der Waals surface area contributed by atoms with Gasteiger partial charge in [0, 0.05) is 5.69 Å². The maximum Gasteiger partial charge on any atom is 0.471 e. The summed E-state index contributed by atoms with van der Waals surface area (Å²) < 4.78 is 35.4. The quantitative estimate of drug-likeness (QED) is 0.744. The van der Waals surface area contributed by atoms with Crippen LogP contribution in [0.25, 0.3) is 0 Å². The van der Waals surface area contributed by atoms with E-state index >= 15 is 0 Å². The first-order chi connectivity index (χ1) is 6.39. The Morgan fingerprint density at radius 1 is 1.21 bits per heavy atom. The molecule has 5 heteroatoms. The molecule has 75 valence electrons. The van der Waals surface area contributed by atoms with Gasteiger partial charge in [-0.25, -0.2) is 0 Å². The largest absolute Gasteiger partial charge is 0.471 e. The topological polar surface area (TPSA) is 29.1 Å². The predicted molar refractivity (Wildman–Crippen MR) is 45.6 cm³/mol. The molecule has 0 heterocycles. The molecule has 2 nitrogen and oxygen atoms in total. The second-order valence-electron chi connectivity index (χ2n) is 2.65. The van der Waals surface area contributed by atoms with E-state index < -0.39 is 12.1 Å². The Labute approximate surface area is 78.7 Å². The van der Waals surface area contributed by atoms with E-state index in [1.165, 1.54) is 24.3 Å². The minimum absolute atomic E-state index is 0.0970. The molecule has 1 rings (SSSR count). The molecule has 0 saturated carbocycles. The second kappa shape index (κ2) is 3.69. The summed E-state index contributed by atoms with van der Waals surface area (Å²) in [5, 5.41) is 1.72. The summed E-state index contributed by atoms with van der Waals surface area (Å²) in [6, 6.07) is 5.72. The van der Waals surface area contributed by atoms with E-state index in [4.69, 9.17) is 0 Å².